The van der Waals surface area contributed by atoms with Gasteiger partial charge in [0.15, 0.2) is 5.12 Å². The SMILES string of the molecule is COCC(=O)NCCOCCOCCOCCOCCCC(=O)CSC(C)=O. The number of rotatable bonds is 20. The van der Waals surface area contributed by atoms with Crippen LogP contribution in [0.1, 0.15) is 19.8 Å². The molecule has 0 aliphatic carbocycles. The maximum absolute atomic E-state index is 11.4. The molecule has 1 amide bonds. The summed E-state index contributed by atoms with van der Waals surface area (Å²) in [5.41, 5.74) is 0. The Kier molecular flexibility index (Phi) is 19.9. The fourth-order valence-corrected chi connectivity index (χ4v) is 2.34. The molecule has 0 aromatic carbocycles. The predicted molar refractivity (Wildman–Crippen MR) is 106 cm³/mol. The molecule has 28 heavy (non-hydrogen) atoms. The molecule has 0 fully saturated rings. The van der Waals surface area contributed by atoms with Gasteiger partial charge in [-0.1, -0.05) is 11.8 Å². The number of carbonyl (C=O) groups is 3. The minimum Gasteiger partial charge on any atom is -0.379 e. The molecule has 0 aromatic rings. The molecule has 0 unspecified atom stereocenters. The third kappa shape index (κ3) is 21.3. The maximum Gasteiger partial charge on any atom is 0.246 e. The predicted octanol–water partition coefficient (Wildman–Crippen LogP) is 0.444. The molecular formula is C18H33NO8S. The number of hydrogen-bond donors (Lipinski definition) is 1. The molecule has 0 radical (unpaired) electrons. The van der Waals surface area contributed by atoms with Gasteiger partial charge in [0.2, 0.25) is 5.91 Å². The van der Waals surface area contributed by atoms with Crippen LogP contribution >= 0.6 is 11.8 Å². The highest BCUT2D eigenvalue weighted by Gasteiger charge is 2.04. The molecule has 0 saturated carbocycles. The Morgan fingerprint density at radius 1 is 0.821 bits per heavy atom. The molecular weight excluding hydrogens is 390 g/mol. The molecule has 0 heterocycles. The number of carbonyl (C=O) groups excluding carboxylic acids is 3. The second kappa shape index (κ2) is 20.7. The fraction of sp³-hybridized carbons (Fsp3) is 0.833. The summed E-state index contributed by atoms with van der Waals surface area (Å²) in [6, 6.07) is 0. The van der Waals surface area contributed by atoms with Gasteiger partial charge in [0.25, 0.3) is 0 Å². The quantitative estimate of drug-likeness (QED) is 0.279. The summed E-state index contributed by atoms with van der Waals surface area (Å²) in [5, 5.41) is 2.61. The Balaban J connectivity index is 3.15. The minimum atomic E-state index is -0.166. The third-order valence-electron chi connectivity index (χ3n) is 3.14. The number of amides is 1. The normalized spacial score (nSPS) is 10.8. The fourth-order valence-electron chi connectivity index (χ4n) is 1.83. The minimum absolute atomic E-state index is 0.0398. The Bertz CT molecular complexity index is 422. The van der Waals surface area contributed by atoms with Gasteiger partial charge in [-0.05, 0) is 6.42 Å². The van der Waals surface area contributed by atoms with E-state index in [1.165, 1.54) is 14.0 Å². The van der Waals surface area contributed by atoms with Crippen molar-refractivity contribution in [3.63, 3.8) is 0 Å². The van der Waals surface area contributed by atoms with Gasteiger partial charge in [-0.15, -0.1) is 0 Å². The number of methoxy groups -OCH3 is 1. The van der Waals surface area contributed by atoms with Crippen molar-refractivity contribution < 1.29 is 38.1 Å². The van der Waals surface area contributed by atoms with Crippen molar-refractivity contribution in [2.24, 2.45) is 0 Å². The van der Waals surface area contributed by atoms with Crippen LogP contribution in [0.25, 0.3) is 0 Å². The van der Waals surface area contributed by atoms with E-state index in [4.69, 9.17) is 18.9 Å². The first-order valence-electron chi connectivity index (χ1n) is 9.28. The van der Waals surface area contributed by atoms with Crippen molar-refractivity contribution in [2.75, 3.05) is 78.9 Å². The first-order chi connectivity index (χ1) is 13.6. The summed E-state index contributed by atoms with van der Waals surface area (Å²) in [5.74, 6) is 0.145. The number of hydrogen-bond acceptors (Lipinski definition) is 9. The van der Waals surface area contributed by atoms with Crippen LogP contribution in [0.15, 0.2) is 0 Å². The van der Waals surface area contributed by atoms with E-state index in [-0.39, 0.29) is 29.2 Å². The summed E-state index contributed by atoms with van der Waals surface area (Å²) in [4.78, 5) is 33.3. The largest absolute Gasteiger partial charge is 0.379 e. The van der Waals surface area contributed by atoms with Crippen LogP contribution in [-0.4, -0.2) is 95.7 Å². The Morgan fingerprint density at radius 2 is 1.36 bits per heavy atom. The van der Waals surface area contributed by atoms with Gasteiger partial charge in [0, 0.05) is 33.6 Å². The molecule has 0 atom stereocenters. The molecule has 0 aliphatic rings. The van der Waals surface area contributed by atoms with Crippen molar-refractivity contribution in [1.29, 1.82) is 0 Å². The van der Waals surface area contributed by atoms with E-state index in [2.05, 4.69) is 10.1 Å². The molecule has 10 heteroatoms. The Labute approximate surface area is 171 Å². The zero-order valence-electron chi connectivity index (χ0n) is 16.9. The first-order valence-corrected chi connectivity index (χ1v) is 10.3. The van der Waals surface area contributed by atoms with Crippen LogP contribution in [0.2, 0.25) is 0 Å². The van der Waals surface area contributed by atoms with Gasteiger partial charge in [-0.2, -0.15) is 0 Å². The topological polar surface area (TPSA) is 109 Å². The van der Waals surface area contributed by atoms with E-state index in [1.54, 1.807) is 0 Å². The lowest BCUT2D eigenvalue weighted by Crippen LogP contribution is -2.30. The van der Waals surface area contributed by atoms with Crippen LogP contribution in [0.4, 0.5) is 0 Å². The average Bonchev–Trinajstić information content (AvgIpc) is 2.66. The van der Waals surface area contributed by atoms with Crippen LogP contribution in [-0.2, 0) is 38.1 Å². The average molecular weight is 424 g/mol. The highest BCUT2D eigenvalue weighted by atomic mass is 32.2. The summed E-state index contributed by atoms with van der Waals surface area (Å²) < 4.78 is 26.1. The van der Waals surface area contributed by atoms with Crippen molar-refractivity contribution in [1.82, 2.24) is 5.32 Å². The summed E-state index contributed by atoms with van der Waals surface area (Å²) >= 11 is 1.04. The number of ether oxygens (including phenoxy) is 5. The van der Waals surface area contributed by atoms with Gasteiger partial charge < -0.3 is 29.0 Å². The lowest BCUT2D eigenvalue weighted by Gasteiger charge is -2.08. The lowest BCUT2D eigenvalue weighted by atomic mass is 10.2. The van der Waals surface area contributed by atoms with Crippen LogP contribution in [0.3, 0.4) is 0 Å². The summed E-state index contributed by atoms with van der Waals surface area (Å²) in [6.45, 7) is 5.65. The second-order valence-electron chi connectivity index (χ2n) is 5.65. The number of nitrogens with one attached hydrogen (secondary N) is 1. The monoisotopic (exact) mass is 423 g/mol. The molecule has 1 N–H and O–H groups in total. The first kappa shape index (κ1) is 27.0. The zero-order valence-corrected chi connectivity index (χ0v) is 17.7. The number of thioether (sulfide) groups is 1. The van der Waals surface area contributed by atoms with E-state index in [9.17, 15) is 14.4 Å². The summed E-state index contributed by atoms with van der Waals surface area (Å²) in [6.07, 6.45) is 1.08. The molecule has 0 saturated heterocycles. The standard InChI is InChI=1S/C18H33NO8S/c1-16(20)28-15-17(21)4-3-6-24-8-10-26-12-13-27-11-9-25-7-5-19-18(22)14-23-2/h3-15H2,1-2H3,(H,19,22). The highest BCUT2D eigenvalue weighted by Crippen LogP contribution is 2.04. The van der Waals surface area contributed by atoms with Crippen molar-refractivity contribution in [3.05, 3.63) is 0 Å². The molecule has 164 valence electrons. The van der Waals surface area contributed by atoms with Crippen molar-refractivity contribution in [3.8, 4) is 0 Å². The number of ketones is 1. The third-order valence-corrected chi connectivity index (χ3v) is 4.01. The zero-order chi connectivity index (χ0) is 20.9. The van der Waals surface area contributed by atoms with Gasteiger partial charge in [0.1, 0.15) is 12.4 Å². The lowest BCUT2D eigenvalue weighted by molar-refractivity contribution is -0.125. The van der Waals surface area contributed by atoms with Crippen LogP contribution < -0.4 is 5.32 Å². The van der Waals surface area contributed by atoms with E-state index < -0.39 is 0 Å². The van der Waals surface area contributed by atoms with Gasteiger partial charge >= 0.3 is 0 Å². The second-order valence-corrected chi connectivity index (χ2v) is 6.81. The molecule has 0 bridgehead atoms. The Hall–Kier alpha value is -1.04. The van der Waals surface area contributed by atoms with Crippen molar-refractivity contribution in [2.45, 2.75) is 19.8 Å². The molecule has 0 aromatic heterocycles. The molecule has 0 spiro atoms. The Morgan fingerprint density at radius 3 is 1.89 bits per heavy atom. The van der Waals surface area contributed by atoms with Gasteiger partial charge in [0.05, 0.1) is 52.0 Å². The van der Waals surface area contributed by atoms with Crippen molar-refractivity contribution >= 4 is 28.6 Å². The smallest absolute Gasteiger partial charge is 0.246 e. The van der Waals surface area contributed by atoms with Gasteiger partial charge in [-0.3, -0.25) is 14.4 Å². The summed E-state index contributed by atoms with van der Waals surface area (Å²) in [7, 11) is 1.47. The van der Waals surface area contributed by atoms with E-state index in [0.29, 0.717) is 72.2 Å². The molecule has 0 aliphatic heterocycles. The molecule has 9 nitrogen and oxygen atoms in total. The van der Waals surface area contributed by atoms with Gasteiger partial charge in [-0.25, -0.2) is 0 Å². The van der Waals surface area contributed by atoms with E-state index >= 15 is 0 Å². The van der Waals surface area contributed by atoms with E-state index in [1.807, 2.05) is 0 Å². The van der Waals surface area contributed by atoms with Crippen LogP contribution in [0.5, 0.6) is 0 Å². The highest BCUT2D eigenvalue weighted by molar-refractivity contribution is 8.14. The number of Topliss-reactive ketones (excluding diaryl/α,β-unsaturated/α-hetero) is 1. The maximum atomic E-state index is 11.4. The molecule has 0 rings (SSSR count). The van der Waals surface area contributed by atoms with Crippen LogP contribution in [0, 0.1) is 0 Å². The van der Waals surface area contributed by atoms with E-state index in [0.717, 1.165) is 11.8 Å².